The molecule has 1 aliphatic carbocycles. The topological polar surface area (TPSA) is 69.7 Å². The van der Waals surface area contributed by atoms with Gasteiger partial charge in [-0.1, -0.05) is 0 Å². The quantitative estimate of drug-likeness (QED) is 0.505. The summed E-state index contributed by atoms with van der Waals surface area (Å²) in [6.45, 7) is 3.52. The summed E-state index contributed by atoms with van der Waals surface area (Å²) in [4.78, 5) is 11.2. The van der Waals surface area contributed by atoms with E-state index in [0.29, 0.717) is 19.4 Å². The van der Waals surface area contributed by atoms with Gasteiger partial charge in [-0.05, 0) is 26.7 Å². The molecule has 0 aromatic heterocycles. The number of carbonyl (C=O) groups is 1. The normalized spacial score (nSPS) is 18.5. The fourth-order valence-corrected chi connectivity index (χ4v) is 2.11. The largest absolute Gasteiger partial charge is 0.466 e. The van der Waals surface area contributed by atoms with Crippen LogP contribution in [-0.4, -0.2) is 32.3 Å². The highest BCUT2D eigenvalue weighted by atomic mass is 32.2. The SMILES string of the molecule is CCOC(=O)CC1(OS(=O)(=O)CC)CC1. The van der Waals surface area contributed by atoms with Gasteiger partial charge in [0, 0.05) is 0 Å². The molecule has 88 valence electrons. The van der Waals surface area contributed by atoms with Crippen molar-refractivity contribution in [2.24, 2.45) is 0 Å². The lowest BCUT2D eigenvalue weighted by Crippen LogP contribution is -2.25. The van der Waals surface area contributed by atoms with Crippen molar-refractivity contribution >= 4 is 16.1 Å². The highest BCUT2D eigenvalue weighted by Gasteiger charge is 2.49. The Labute approximate surface area is 89.9 Å². The predicted molar refractivity (Wildman–Crippen MR) is 53.8 cm³/mol. The molecule has 0 heterocycles. The van der Waals surface area contributed by atoms with Crippen LogP contribution in [0.25, 0.3) is 0 Å². The van der Waals surface area contributed by atoms with Gasteiger partial charge in [-0.15, -0.1) is 0 Å². The van der Waals surface area contributed by atoms with Gasteiger partial charge in [-0.25, -0.2) is 0 Å². The van der Waals surface area contributed by atoms with E-state index in [-0.39, 0.29) is 12.2 Å². The van der Waals surface area contributed by atoms with Gasteiger partial charge in [-0.2, -0.15) is 8.42 Å². The zero-order chi connectivity index (χ0) is 11.5. The molecule has 0 saturated heterocycles. The highest BCUT2D eigenvalue weighted by Crippen LogP contribution is 2.44. The van der Waals surface area contributed by atoms with Gasteiger partial charge < -0.3 is 4.74 Å². The fraction of sp³-hybridized carbons (Fsp3) is 0.889. The number of ether oxygens (including phenoxy) is 1. The van der Waals surface area contributed by atoms with Crippen molar-refractivity contribution in [2.75, 3.05) is 12.4 Å². The second kappa shape index (κ2) is 4.49. The van der Waals surface area contributed by atoms with E-state index in [2.05, 4.69) is 0 Å². The van der Waals surface area contributed by atoms with Crippen LogP contribution in [0.5, 0.6) is 0 Å². The van der Waals surface area contributed by atoms with Crippen molar-refractivity contribution in [1.29, 1.82) is 0 Å². The first-order chi connectivity index (χ1) is 6.93. The molecule has 0 unspecified atom stereocenters. The molecule has 0 aliphatic heterocycles. The smallest absolute Gasteiger partial charge is 0.308 e. The van der Waals surface area contributed by atoms with Crippen molar-refractivity contribution in [2.45, 2.75) is 38.7 Å². The minimum Gasteiger partial charge on any atom is -0.466 e. The van der Waals surface area contributed by atoms with Gasteiger partial charge in [0.2, 0.25) is 0 Å². The summed E-state index contributed by atoms with van der Waals surface area (Å²) < 4.78 is 32.2. The molecule has 0 radical (unpaired) electrons. The highest BCUT2D eigenvalue weighted by molar-refractivity contribution is 7.86. The maximum absolute atomic E-state index is 11.2. The molecule has 0 bridgehead atoms. The summed E-state index contributed by atoms with van der Waals surface area (Å²) in [6.07, 6.45) is 1.23. The van der Waals surface area contributed by atoms with E-state index < -0.39 is 21.7 Å². The maximum Gasteiger partial charge on any atom is 0.308 e. The third-order valence-corrected chi connectivity index (χ3v) is 3.55. The van der Waals surface area contributed by atoms with E-state index in [4.69, 9.17) is 8.92 Å². The first-order valence-electron chi connectivity index (χ1n) is 5.02. The average Bonchev–Trinajstić information content (AvgIpc) is 2.84. The summed E-state index contributed by atoms with van der Waals surface area (Å²) >= 11 is 0. The van der Waals surface area contributed by atoms with Crippen LogP contribution >= 0.6 is 0 Å². The monoisotopic (exact) mass is 236 g/mol. The fourth-order valence-electron chi connectivity index (χ4n) is 1.23. The third kappa shape index (κ3) is 3.79. The Kier molecular flexibility index (Phi) is 3.72. The Hall–Kier alpha value is -0.620. The van der Waals surface area contributed by atoms with E-state index in [1.807, 2.05) is 0 Å². The van der Waals surface area contributed by atoms with Gasteiger partial charge in [0.1, 0.15) is 0 Å². The van der Waals surface area contributed by atoms with Gasteiger partial charge in [0.15, 0.2) is 0 Å². The number of carbonyl (C=O) groups excluding carboxylic acids is 1. The molecule has 0 N–H and O–H groups in total. The van der Waals surface area contributed by atoms with E-state index in [9.17, 15) is 13.2 Å². The van der Waals surface area contributed by atoms with Crippen molar-refractivity contribution < 1.29 is 22.1 Å². The van der Waals surface area contributed by atoms with Gasteiger partial charge in [0.25, 0.3) is 10.1 Å². The van der Waals surface area contributed by atoms with Gasteiger partial charge >= 0.3 is 5.97 Å². The number of hydrogen-bond donors (Lipinski definition) is 0. The number of hydrogen-bond acceptors (Lipinski definition) is 5. The Balaban J connectivity index is 2.51. The van der Waals surface area contributed by atoms with Crippen molar-refractivity contribution in [3.63, 3.8) is 0 Å². The molecule has 5 nitrogen and oxygen atoms in total. The lowest BCUT2D eigenvalue weighted by molar-refractivity contribution is -0.145. The Bertz CT molecular complexity index is 328. The van der Waals surface area contributed by atoms with Crippen molar-refractivity contribution in [1.82, 2.24) is 0 Å². The second-order valence-corrected chi connectivity index (χ2v) is 5.45. The molecule has 1 saturated carbocycles. The molecule has 1 aliphatic rings. The van der Waals surface area contributed by atoms with Crippen molar-refractivity contribution in [3.8, 4) is 0 Å². The zero-order valence-electron chi connectivity index (χ0n) is 8.99. The summed E-state index contributed by atoms with van der Waals surface area (Å²) in [6, 6.07) is 0. The van der Waals surface area contributed by atoms with Crippen LogP contribution in [0, 0.1) is 0 Å². The number of rotatable bonds is 6. The second-order valence-electron chi connectivity index (χ2n) is 3.59. The van der Waals surface area contributed by atoms with Crippen LogP contribution in [-0.2, 0) is 23.8 Å². The summed E-state index contributed by atoms with van der Waals surface area (Å²) in [5.74, 6) is -0.473. The van der Waals surface area contributed by atoms with Crippen LogP contribution in [0.3, 0.4) is 0 Å². The molecule has 6 heteroatoms. The Morgan fingerprint density at radius 3 is 2.33 bits per heavy atom. The minimum absolute atomic E-state index is 0.0278. The van der Waals surface area contributed by atoms with Crippen LogP contribution < -0.4 is 0 Å². The Morgan fingerprint density at radius 2 is 1.93 bits per heavy atom. The first-order valence-corrected chi connectivity index (χ1v) is 6.60. The standard InChI is InChI=1S/C9H16O5S/c1-3-13-8(10)7-9(5-6-9)14-15(11,12)4-2/h3-7H2,1-2H3. The van der Waals surface area contributed by atoms with E-state index in [0.717, 1.165) is 0 Å². The first kappa shape index (κ1) is 12.4. The van der Waals surface area contributed by atoms with Gasteiger partial charge in [-0.3, -0.25) is 8.98 Å². The molecular weight excluding hydrogens is 220 g/mol. The molecule has 0 amide bonds. The van der Waals surface area contributed by atoms with Gasteiger partial charge in [0.05, 0.1) is 24.4 Å². The van der Waals surface area contributed by atoms with E-state index >= 15 is 0 Å². The zero-order valence-corrected chi connectivity index (χ0v) is 9.80. The van der Waals surface area contributed by atoms with Crippen LogP contribution in [0.4, 0.5) is 0 Å². The lowest BCUT2D eigenvalue weighted by atomic mass is 10.2. The molecule has 0 aromatic rings. The maximum atomic E-state index is 11.2. The summed E-state index contributed by atoms with van der Waals surface area (Å²) in [5.41, 5.74) is -0.804. The molecule has 15 heavy (non-hydrogen) atoms. The Morgan fingerprint density at radius 1 is 1.33 bits per heavy atom. The molecule has 1 rings (SSSR count). The summed E-state index contributed by atoms with van der Waals surface area (Å²) in [7, 11) is -3.48. The lowest BCUT2D eigenvalue weighted by Gasteiger charge is -2.14. The van der Waals surface area contributed by atoms with E-state index in [1.54, 1.807) is 6.92 Å². The summed E-state index contributed by atoms with van der Waals surface area (Å²) in [5, 5.41) is 0. The molecular formula is C9H16O5S. The van der Waals surface area contributed by atoms with Crippen molar-refractivity contribution in [3.05, 3.63) is 0 Å². The predicted octanol–water partition coefficient (Wildman–Crippen LogP) is 0.838. The molecule has 0 atom stereocenters. The third-order valence-electron chi connectivity index (χ3n) is 2.24. The molecule has 1 fully saturated rings. The van der Waals surface area contributed by atoms with Crippen LogP contribution in [0.15, 0.2) is 0 Å². The van der Waals surface area contributed by atoms with Crippen LogP contribution in [0.1, 0.15) is 33.1 Å². The minimum atomic E-state index is -3.48. The van der Waals surface area contributed by atoms with E-state index in [1.165, 1.54) is 6.92 Å². The molecule has 0 spiro atoms. The molecule has 0 aromatic carbocycles. The van der Waals surface area contributed by atoms with Crippen LogP contribution in [0.2, 0.25) is 0 Å². The number of esters is 1. The average molecular weight is 236 g/mol.